The molecule has 6 nitrogen and oxygen atoms in total. The van der Waals surface area contributed by atoms with Gasteiger partial charge in [-0.2, -0.15) is 0 Å². The number of anilines is 2. The lowest BCUT2D eigenvalue weighted by Crippen LogP contribution is -2.47. The summed E-state index contributed by atoms with van der Waals surface area (Å²) in [6.45, 7) is 9.35. The van der Waals surface area contributed by atoms with E-state index in [0.29, 0.717) is 5.69 Å². The third-order valence-corrected chi connectivity index (χ3v) is 3.39. The molecule has 1 rings (SSSR count). The largest absolute Gasteiger partial charge is 0.374 e. The Kier molecular flexibility index (Phi) is 5.45. The quantitative estimate of drug-likeness (QED) is 0.773. The van der Waals surface area contributed by atoms with Gasteiger partial charge in [-0.25, -0.2) is 8.42 Å². The van der Waals surface area contributed by atoms with Crippen molar-refractivity contribution in [3.8, 4) is 0 Å². The maximum Gasteiger partial charge on any atom is 0.242 e. The molecule has 0 aromatic heterocycles. The average Bonchev–Trinajstić information content (AvgIpc) is 2.29. The lowest BCUT2D eigenvalue weighted by atomic mass is 10.1. The molecular weight excluding hydrogens is 302 g/mol. The number of nitrogens with one attached hydrogen (secondary N) is 3. The molecule has 0 radical (unpaired) electrons. The van der Waals surface area contributed by atoms with E-state index in [-0.39, 0.29) is 11.4 Å². The highest BCUT2D eigenvalue weighted by atomic mass is 32.2. The number of sulfonamides is 1. The first-order valence-electron chi connectivity index (χ1n) is 7.04. The molecule has 0 heterocycles. The summed E-state index contributed by atoms with van der Waals surface area (Å²) in [5, 5.41) is 6.01. The molecule has 124 valence electrons. The second-order valence-electron chi connectivity index (χ2n) is 6.51. The minimum atomic E-state index is -3.30. The van der Waals surface area contributed by atoms with Crippen LogP contribution in [0.15, 0.2) is 18.2 Å². The highest BCUT2D eigenvalue weighted by Gasteiger charge is 2.19. The molecule has 0 spiro atoms. The molecule has 0 saturated heterocycles. The fourth-order valence-electron chi connectivity index (χ4n) is 1.86. The summed E-state index contributed by atoms with van der Waals surface area (Å²) in [5.74, 6) is -0.0940. The Bertz CT molecular complexity index is 648. The third kappa shape index (κ3) is 6.34. The first-order chi connectivity index (χ1) is 9.87. The number of hydrogen-bond acceptors (Lipinski definition) is 4. The Balaban J connectivity index is 2.79. The van der Waals surface area contributed by atoms with Crippen LogP contribution < -0.4 is 15.4 Å². The van der Waals surface area contributed by atoms with E-state index < -0.39 is 16.1 Å². The molecule has 1 unspecified atom stereocenters. The highest BCUT2D eigenvalue weighted by molar-refractivity contribution is 7.92. The van der Waals surface area contributed by atoms with Crippen molar-refractivity contribution in [2.45, 2.75) is 46.2 Å². The Morgan fingerprint density at radius 2 is 1.82 bits per heavy atom. The molecular formula is C15H25N3O3S. The molecule has 3 N–H and O–H groups in total. The van der Waals surface area contributed by atoms with Gasteiger partial charge in [0.25, 0.3) is 0 Å². The van der Waals surface area contributed by atoms with Gasteiger partial charge in [-0.1, -0.05) is 0 Å². The zero-order chi connectivity index (χ0) is 17.1. The number of carbonyl (C=O) groups excluding carboxylic acids is 1. The molecule has 1 aromatic rings. The number of aryl methyl sites for hydroxylation is 1. The predicted octanol–water partition coefficient (Wildman–Crippen LogP) is 2.08. The molecule has 0 aliphatic carbocycles. The van der Waals surface area contributed by atoms with Gasteiger partial charge in [-0.15, -0.1) is 0 Å². The third-order valence-electron chi connectivity index (χ3n) is 2.80. The van der Waals surface area contributed by atoms with Gasteiger partial charge in [-0.05, 0) is 58.4 Å². The number of amides is 1. The summed E-state index contributed by atoms with van der Waals surface area (Å²) in [4.78, 5) is 12.0. The Hall–Kier alpha value is -1.76. The smallest absolute Gasteiger partial charge is 0.242 e. The van der Waals surface area contributed by atoms with E-state index in [1.54, 1.807) is 32.0 Å². The SMILES string of the molecule is Cc1cc(NC(C)C(=O)NC(C)(C)C)ccc1NS(C)(=O)=O. The van der Waals surface area contributed by atoms with E-state index in [0.717, 1.165) is 17.5 Å². The fraction of sp³-hybridized carbons (Fsp3) is 0.533. The summed E-state index contributed by atoms with van der Waals surface area (Å²) >= 11 is 0. The monoisotopic (exact) mass is 327 g/mol. The van der Waals surface area contributed by atoms with Crippen LogP contribution in [0.3, 0.4) is 0 Å². The summed E-state index contributed by atoms with van der Waals surface area (Å²) in [6.07, 6.45) is 1.11. The number of benzene rings is 1. The summed E-state index contributed by atoms with van der Waals surface area (Å²) < 4.78 is 25.0. The lowest BCUT2D eigenvalue weighted by Gasteiger charge is -2.24. The van der Waals surface area contributed by atoms with Crippen molar-refractivity contribution in [3.63, 3.8) is 0 Å². The summed E-state index contributed by atoms with van der Waals surface area (Å²) in [6, 6.07) is 4.82. The van der Waals surface area contributed by atoms with E-state index in [1.165, 1.54) is 0 Å². The number of rotatable bonds is 5. The van der Waals surface area contributed by atoms with E-state index in [4.69, 9.17) is 0 Å². The van der Waals surface area contributed by atoms with Gasteiger partial charge >= 0.3 is 0 Å². The van der Waals surface area contributed by atoms with Crippen LogP contribution in [0.2, 0.25) is 0 Å². The minimum Gasteiger partial charge on any atom is -0.374 e. The second-order valence-corrected chi connectivity index (χ2v) is 8.26. The Morgan fingerprint density at radius 1 is 1.23 bits per heavy atom. The lowest BCUT2D eigenvalue weighted by molar-refractivity contribution is -0.122. The molecule has 1 atom stereocenters. The van der Waals surface area contributed by atoms with Crippen LogP contribution >= 0.6 is 0 Å². The molecule has 0 aliphatic rings. The van der Waals surface area contributed by atoms with Crippen molar-refractivity contribution in [1.29, 1.82) is 0 Å². The van der Waals surface area contributed by atoms with Crippen LogP contribution in [-0.2, 0) is 14.8 Å². The number of carbonyl (C=O) groups is 1. The standard InChI is InChI=1S/C15H25N3O3S/c1-10-9-12(7-8-13(10)18-22(6,20)21)16-11(2)14(19)17-15(3,4)5/h7-9,11,16,18H,1-6H3,(H,17,19). The predicted molar refractivity (Wildman–Crippen MR) is 90.6 cm³/mol. The van der Waals surface area contributed by atoms with Crippen LogP contribution in [0.1, 0.15) is 33.3 Å². The van der Waals surface area contributed by atoms with E-state index in [9.17, 15) is 13.2 Å². The van der Waals surface area contributed by atoms with Gasteiger partial charge in [0.05, 0.1) is 11.9 Å². The molecule has 0 aliphatic heterocycles. The van der Waals surface area contributed by atoms with Gasteiger partial charge in [-0.3, -0.25) is 9.52 Å². The van der Waals surface area contributed by atoms with Crippen LogP contribution in [0.4, 0.5) is 11.4 Å². The first kappa shape index (κ1) is 18.3. The van der Waals surface area contributed by atoms with Crippen LogP contribution in [0, 0.1) is 6.92 Å². The zero-order valence-corrected chi connectivity index (χ0v) is 14.8. The van der Waals surface area contributed by atoms with Crippen molar-refractivity contribution in [2.75, 3.05) is 16.3 Å². The van der Waals surface area contributed by atoms with Crippen molar-refractivity contribution in [2.24, 2.45) is 0 Å². The Labute approximate surface area is 132 Å². The fourth-order valence-corrected chi connectivity index (χ4v) is 2.49. The van der Waals surface area contributed by atoms with Crippen molar-refractivity contribution in [1.82, 2.24) is 5.32 Å². The normalized spacial score (nSPS) is 13.4. The molecule has 0 saturated carbocycles. The van der Waals surface area contributed by atoms with E-state index in [2.05, 4.69) is 15.4 Å². The summed E-state index contributed by atoms with van der Waals surface area (Å²) in [7, 11) is -3.30. The van der Waals surface area contributed by atoms with Gasteiger partial charge in [0.15, 0.2) is 0 Å². The Morgan fingerprint density at radius 3 is 2.27 bits per heavy atom. The molecule has 1 aromatic carbocycles. The van der Waals surface area contributed by atoms with Gasteiger partial charge in [0, 0.05) is 11.2 Å². The second kappa shape index (κ2) is 6.56. The minimum absolute atomic E-state index is 0.0940. The first-order valence-corrected chi connectivity index (χ1v) is 8.93. The van der Waals surface area contributed by atoms with Gasteiger partial charge < -0.3 is 10.6 Å². The van der Waals surface area contributed by atoms with E-state index in [1.807, 2.05) is 20.8 Å². The molecule has 0 fully saturated rings. The van der Waals surface area contributed by atoms with Crippen LogP contribution in [-0.4, -0.2) is 32.2 Å². The molecule has 1 amide bonds. The number of hydrogen-bond donors (Lipinski definition) is 3. The maximum absolute atomic E-state index is 12.0. The van der Waals surface area contributed by atoms with Crippen LogP contribution in [0.25, 0.3) is 0 Å². The molecule has 22 heavy (non-hydrogen) atoms. The van der Waals surface area contributed by atoms with Gasteiger partial charge in [0.2, 0.25) is 15.9 Å². The van der Waals surface area contributed by atoms with E-state index >= 15 is 0 Å². The average molecular weight is 327 g/mol. The van der Waals surface area contributed by atoms with Crippen molar-refractivity contribution in [3.05, 3.63) is 23.8 Å². The maximum atomic E-state index is 12.0. The molecule has 0 bridgehead atoms. The molecule has 7 heteroatoms. The van der Waals surface area contributed by atoms with Gasteiger partial charge in [0.1, 0.15) is 6.04 Å². The summed E-state index contributed by atoms with van der Waals surface area (Å²) in [5.41, 5.74) is 1.78. The highest BCUT2D eigenvalue weighted by Crippen LogP contribution is 2.21. The zero-order valence-electron chi connectivity index (χ0n) is 13.9. The van der Waals surface area contributed by atoms with Crippen LogP contribution in [0.5, 0.6) is 0 Å². The van der Waals surface area contributed by atoms with Crippen molar-refractivity contribution >= 4 is 27.3 Å². The van der Waals surface area contributed by atoms with Crippen molar-refractivity contribution < 1.29 is 13.2 Å². The topological polar surface area (TPSA) is 87.3 Å².